The fourth-order valence-corrected chi connectivity index (χ4v) is 2.03. The average Bonchev–Trinajstić information content (AvgIpc) is 2.29. The minimum atomic E-state index is -0.554. The Morgan fingerprint density at radius 1 is 0.941 bits per heavy atom. The lowest BCUT2D eigenvalue weighted by molar-refractivity contribution is -0.0390. The molecule has 2 heteroatoms. The molecule has 0 heterocycles. The van der Waals surface area contributed by atoms with Gasteiger partial charge in [0.1, 0.15) is 6.10 Å². The fourth-order valence-electron chi connectivity index (χ4n) is 2.03. The SMILES string of the molecule is COC(C(C)C)C(O)c1ccc(C(C)C)cc1. The lowest BCUT2D eigenvalue weighted by Gasteiger charge is -2.25. The molecule has 1 N–H and O–H groups in total. The van der Waals surface area contributed by atoms with Crippen molar-refractivity contribution >= 4 is 0 Å². The predicted molar refractivity (Wildman–Crippen MR) is 71.1 cm³/mol. The van der Waals surface area contributed by atoms with Gasteiger partial charge in [0.25, 0.3) is 0 Å². The third kappa shape index (κ3) is 3.55. The van der Waals surface area contributed by atoms with Crippen molar-refractivity contribution in [2.45, 2.75) is 45.8 Å². The minimum absolute atomic E-state index is 0.153. The lowest BCUT2D eigenvalue weighted by Crippen LogP contribution is -2.26. The molecule has 1 rings (SSSR count). The third-order valence-corrected chi connectivity index (χ3v) is 3.19. The number of aliphatic hydroxyl groups is 1. The molecule has 0 saturated heterocycles. The van der Waals surface area contributed by atoms with E-state index in [1.165, 1.54) is 5.56 Å². The Hall–Kier alpha value is -0.860. The van der Waals surface area contributed by atoms with Crippen LogP contribution in [0.25, 0.3) is 0 Å². The van der Waals surface area contributed by atoms with Crippen LogP contribution in [0.2, 0.25) is 0 Å². The summed E-state index contributed by atoms with van der Waals surface area (Å²) in [5.41, 5.74) is 2.22. The molecule has 17 heavy (non-hydrogen) atoms. The van der Waals surface area contributed by atoms with Gasteiger partial charge >= 0.3 is 0 Å². The van der Waals surface area contributed by atoms with E-state index in [2.05, 4.69) is 39.8 Å². The van der Waals surface area contributed by atoms with E-state index in [0.717, 1.165) is 5.56 Å². The number of aliphatic hydroxyl groups excluding tert-OH is 1. The van der Waals surface area contributed by atoms with Crippen molar-refractivity contribution in [2.75, 3.05) is 7.11 Å². The Bertz CT molecular complexity index is 327. The van der Waals surface area contributed by atoms with Crippen LogP contribution in [-0.4, -0.2) is 18.3 Å². The van der Waals surface area contributed by atoms with Crippen LogP contribution in [0.3, 0.4) is 0 Å². The molecule has 2 nitrogen and oxygen atoms in total. The monoisotopic (exact) mass is 236 g/mol. The molecule has 0 radical (unpaired) electrons. The number of ether oxygens (including phenoxy) is 1. The van der Waals surface area contributed by atoms with Crippen LogP contribution in [-0.2, 0) is 4.74 Å². The molecule has 0 bridgehead atoms. The molecule has 0 aliphatic heterocycles. The Kier molecular flexibility index (Phi) is 5.16. The average molecular weight is 236 g/mol. The van der Waals surface area contributed by atoms with Crippen molar-refractivity contribution in [3.8, 4) is 0 Å². The maximum Gasteiger partial charge on any atom is 0.105 e. The molecule has 2 unspecified atom stereocenters. The second kappa shape index (κ2) is 6.18. The zero-order valence-corrected chi connectivity index (χ0v) is 11.5. The van der Waals surface area contributed by atoms with Crippen LogP contribution in [0.1, 0.15) is 50.8 Å². The molecular weight excluding hydrogens is 212 g/mol. The Morgan fingerprint density at radius 3 is 1.76 bits per heavy atom. The van der Waals surface area contributed by atoms with E-state index in [-0.39, 0.29) is 6.10 Å². The van der Waals surface area contributed by atoms with E-state index in [1.807, 2.05) is 12.1 Å². The van der Waals surface area contributed by atoms with Crippen LogP contribution >= 0.6 is 0 Å². The zero-order valence-electron chi connectivity index (χ0n) is 11.5. The fraction of sp³-hybridized carbons (Fsp3) is 0.600. The maximum absolute atomic E-state index is 10.3. The molecule has 1 aromatic rings. The van der Waals surface area contributed by atoms with Crippen LogP contribution in [0.5, 0.6) is 0 Å². The normalized spacial score (nSPS) is 15.3. The molecule has 0 amide bonds. The summed E-state index contributed by atoms with van der Waals surface area (Å²) in [5.74, 6) is 0.810. The number of rotatable bonds is 5. The number of methoxy groups -OCH3 is 1. The van der Waals surface area contributed by atoms with E-state index in [0.29, 0.717) is 11.8 Å². The van der Waals surface area contributed by atoms with Crippen molar-refractivity contribution in [1.82, 2.24) is 0 Å². The van der Waals surface area contributed by atoms with Gasteiger partial charge in [0, 0.05) is 7.11 Å². The molecule has 0 aromatic heterocycles. The Balaban J connectivity index is 2.85. The van der Waals surface area contributed by atoms with Crippen LogP contribution < -0.4 is 0 Å². The van der Waals surface area contributed by atoms with Gasteiger partial charge in [-0.05, 0) is 23.0 Å². The first-order chi connectivity index (χ1) is 7.97. The van der Waals surface area contributed by atoms with Crippen molar-refractivity contribution in [2.24, 2.45) is 5.92 Å². The van der Waals surface area contributed by atoms with E-state index in [1.54, 1.807) is 7.11 Å². The number of benzene rings is 1. The highest BCUT2D eigenvalue weighted by atomic mass is 16.5. The van der Waals surface area contributed by atoms with Gasteiger partial charge < -0.3 is 9.84 Å². The second-order valence-corrected chi connectivity index (χ2v) is 5.21. The zero-order chi connectivity index (χ0) is 13.0. The Labute approximate surface area is 105 Å². The van der Waals surface area contributed by atoms with Crippen molar-refractivity contribution in [1.29, 1.82) is 0 Å². The van der Waals surface area contributed by atoms with Gasteiger partial charge in [-0.2, -0.15) is 0 Å². The number of hydrogen-bond donors (Lipinski definition) is 1. The van der Waals surface area contributed by atoms with Crippen molar-refractivity contribution in [3.05, 3.63) is 35.4 Å². The van der Waals surface area contributed by atoms with E-state index < -0.39 is 6.10 Å². The highest BCUT2D eigenvalue weighted by molar-refractivity contribution is 5.26. The van der Waals surface area contributed by atoms with E-state index in [4.69, 9.17) is 4.74 Å². The summed E-state index contributed by atoms with van der Waals surface area (Å²) in [5, 5.41) is 10.3. The van der Waals surface area contributed by atoms with Gasteiger partial charge in [-0.15, -0.1) is 0 Å². The molecule has 0 fully saturated rings. The topological polar surface area (TPSA) is 29.5 Å². The van der Waals surface area contributed by atoms with Crippen molar-refractivity contribution in [3.63, 3.8) is 0 Å². The van der Waals surface area contributed by atoms with Gasteiger partial charge in [0.05, 0.1) is 6.10 Å². The molecule has 0 saturated carbocycles. The first-order valence-electron chi connectivity index (χ1n) is 6.28. The minimum Gasteiger partial charge on any atom is -0.386 e. The summed E-state index contributed by atoms with van der Waals surface area (Å²) in [6.45, 7) is 8.44. The molecule has 2 atom stereocenters. The summed E-state index contributed by atoms with van der Waals surface area (Å²) in [4.78, 5) is 0. The number of hydrogen-bond acceptors (Lipinski definition) is 2. The highest BCUT2D eigenvalue weighted by Crippen LogP contribution is 2.25. The van der Waals surface area contributed by atoms with Gasteiger partial charge in [-0.1, -0.05) is 52.0 Å². The first-order valence-corrected chi connectivity index (χ1v) is 6.28. The van der Waals surface area contributed by atoms with Crippen LogP contribution in [0.15, 0.2) is 24.3 Å². The molecule has 96 valence electrons. The van der Waals surface area contributed by atoms with E-state index in [9.17, 15) is 5.11 Å². The van der Waals surface area contributed by atoms with Gasteiger partial charge in [-0.3, -0.25) is 0 Å². The lowest BCUT2D eigenvalue weighted by atomic mass is 9.94. The van der Waals surface area contributed by atoms with Gasteiger partial charge in [0.15, 0.2) is 0 Å². The van der Waals surface area contributed by atoms with Crippen molar-refractivity contribution < 1.29 is 9.84 Å². The summed E-state index contributed by atoms with van der Waals surface area (Å²) < 4.78 is 5.36. The first kappa shape index (κ1) is 14.2. The summed E-state index contributed by atoms with van der Waals surface area (Å²) in [6, 6.07) is 8.15. The van der Waals surface area contributed by atoms with Crippen LogP contribution in [0.4, 0.5) is 0 Å². The molecule has 1 aromatic carbocycles. The quantitative estimate of drug-likeness (QED) is 0.847. The largest absolute Gasteiger partial charge is 0.386 e. The molecule has 0 aliphatic rings. The van der Waals surface area contributed by atoms with Gasteiger partial charge in [-0.25, -0.2) is 0 Å². The second-order valence-electron chi connectivity index (χ2n) is 5.21. The highest BCUT2D eigenvalue weighted by Gasteiger charge is 2.23. The third-order valence-electron chi connectivity index (χ3n) is 3.19. The summed E-state index contributed by atoms with van der Waals surface area (Å²) in [7, 11) is 1.65. The summed E-state index contributed by atoms with van der Waals surface area (Å²) >= 11 is 0. The summed E-state index contributed by atoms with van der Waals surface area (Å²) in [6.07, 6.45) is -0.707. The predicted octanol–water partition coefficient (Wildman–Crippen LogP) is 3.51. The standard InChI is InChI=1S/C15H24O2/c1-10(2)12-6-8-13(9-7-12)14(16)15(17-5)11(3)4/h6-11,14-16H,1-5H3. The Morgan fingerprint density at radius 2 is 1.41 bits per heavy atom. The van der Waals surface area contributed by atoms with Gasteiger partial charge in [0.2, 0.25) is 0 Å². The maximum atomic E-state index is 10.3. The molecular formula is C15H24O2. The van der Waals surface area contributed by atoms with Crippen LogP contribution in [0, 0.1) is 5.92 Å². The van der Waals surface area contributed by atoms with E-state index >= 15 is 0 Å². The smallest absolute Gasteiger partial charge is 0.105 e. The molecule has 0 aliphatic carbocycles. The molecule has 0 spiro atoms.